The lowest BCUT2D eigenvalue weighted by Gasteiger charge is -2.12. The standard InChI is InChI=1S/C18H11BrClNO5S/c19-11-1-6-14(26-9-16(22)23)10(7-11)8-15-17(24)21(18(25)27-15)13-4-2-12(20)3-5-13/h1-8H,9H2,(H,22,23)/b15-8+. The lowest BCUT2D eigenvalue weighted by atomic mass is 10.2. The van der Waals surface area contributed by atoms with Crippen molar-refractivity contribution < 1.29 is 24.2 Å². The number of halogens is 2. The van der Waals surface area contributed by atoms with E-state index in [1.165, 1.54) is 6.08 Å². The van der Waals surface area contributed by atoms with Gasteiger partial charge in [-0.05, 0) is 60.3 Å². The monoisotopic (exact) mass is 467 g/mol. The first-order valence-electron chi connectivity index (χ1n) is 7.53. The molecule has 0 aromatic heterocycles. The number of ether oxygens (including phenoxy) is 1. The maximum Gasteiger partial charge on any atom is 0.341 e. The van der Waals surface area contributed by atoms with Crippen LogP contribution in [0.2, 0.25) is 5.02 Å². The van der Waals surface area contributed by atoms with E-state index in [1.54, 1.807) is 42.5 Å². The molecule has 3 rings (SSSR count). The molecule has 1 N–H and O–H groups in total. The third-order valence-electron chi connectivity index (χ3n) is 3.49. The zero-order chi connectivity index (χ0) is 19.6. The second-order valence-electron chi connectivity index (χ2n) is 5.36. The average molecular weight is 469 g/mol. The molecule has 1 aliphatic rings. The van der Waals surface area contributed by atoms with Crippen molar-refractivity contribution in [1.82, 2.24) is 0 Å². The second kappa shape index (κ2) is 8.16. The Morgan fingerprint density at radius 2 is 1.93 bits per heavy atom. The SMILES string of the molecule is O=C(O)COc1ccc(Br)cc1/C=C1/SC(=O)N(c2ccc(Cl)cc2)C1=O. The maximum absolute atomic E-state index is 12.7. The number of carboxylic acid groups (broad SMARTS) is 1. The highest BCUT2D eigenvalue weighted by atomic mass is 79.9. The quantitative estimate of drug-likeness (QED) is 0.634. The molecule has 2 aromatic rings. The summed E-state index contributed by atoms with van der Waals surface area (Å²) in [6.07, 6.45) is 1.50. The van der Waals surface area contributed by atoms with Crippen LogP contribution in [0.3, 0.4) is 0 Å². The molecule has 1 aliphatic heterocycles. The van der Waals surface area contributed by atoms with Gasteiger partial charge in [-0.3, -0.25) is 9.59 Å². The van der Waals surface area contributed by atoms with E-state index >= 15 is 0 Å². The minimum Gasteiger partial charge on any atom is -0.481 e. The summed E-state index contributed by atoms with van der Waals surface area (Å²) < 4.78 is 5.97. The number of imide groups is 1. The molecule has 138 valence electrons. The fourth-order valence-corrected chi connectivity index (χ4v) is 3.66. The molecule has 2 aromatic carbocycles. The van der Waals surface area contributed by atoms with E-state index in [9.17, 15) is 14.4 Å². The summed E-state index contributed by atoms with van der Waals surface area (Å²) >= 11 is 9.96. The van der Waals surface area contributed by atoms with Gasteiger partial charge in [0, 0.05) is 15.1 Å². The number of anilines is 1. The van der Waals surface area contributed by atoms with Crippen LogP contribution in [0.25, 0.3) is 6.08 Å². The van der Waals surface area contributed by atoms with Crippen molar-refractivity contribution in [2.24, 2.45) is 0 Å². The van der Waals surface area contributed by atoms with Crippen LogP contribution >= 0.6 is 39.3 Å². The first kappa shape index (κ1) is 19.5. The Morgan fingerprint density at radius 1 is 1.22 bits per heavy atom. The molecule has 0 unspecified atom stereocenters. The molecule has 1 fully saturated rings. The minimum absolute atomic E-state index is 0.202. The number of amides is 2. The minimum atomic E-state index is -1.12. The number of nitrogens with zero attached hydrogens (tertiary/aromatic N) is 1. The smallest absolute Gasteiger partial charge is 0.341 e. The molecule has 0 saturated carbocycles. The molecule has 27 heavy (non-hydrogen) atoms. The molecule has 0 atom stereocenters. The van der Waals surface area contributed by atoms with Gasteiger partial charge in [-0.25, -0.2) is 9.69 Å². The van der Waals surface area contributed by atoms with Crippen molar-refractivity contribution in [3.05, 3.63) is 62.4 Å². The molecule has 9 heteroatoms. The van der Waals surface area contributed by atoms with E-state index in [0.29, 0.717) is 26.5 Å². The number of hydrogen-bond donors (Lipinski definition) is 1. The van der Waals surface area contributed by atoms with Gasteiger partial charge in [0.05, 0.1) is 10.6 Å². The highest BCUT2D eigenvalue weighted by Crippen LogP contribution is 2.37. The second-order valence-corrected chi connectivity index (χ2v) is 7.70. The summed E-state index contributed by atoms with van der Waals surface area (Å²) in [5, 5.41) is 8.86. The summed E-state index contributed by atoms with van der Waals surface area (Å²) in [5.41, 5.74) is 0.897. The van der Waals surface area contributed by atoms with Crippen LogP contribution in [0.15, 0.2) is 51.8 Å². The number of benzene rings is 2. The number of carbonyl (C=O) groups excluding carboxylic acids is 2. The summed E-state index contributed by atoms with van der Waals surface area (Å²) in [4.78, 5) is 37.0. The molecular formula is C18H11BrClNO5S. The largest absolute Gasteiger partial charge is 0.481 e. The number of aliphatic carboxylic acids is 1. The Hall–Kier alpha value is -2.29. The molecule has 0 bridgehead atoms. The van der Waals surface area contributed by atoms with Gasteiger partial charge in [0.1, 0.15) is 5.75 Å². The highest BCUT2D eigenvalue weighted by Gasteiger charge is 2.36. The summed E-state index contributed by atoms with van der Waals surface area (Å²) in [5.74, 6) is -1.30. The predicted octanol–water partition coefficient (Wildman–Crippen LogP) is 4.81. The van der Waals surface area contributed by atoms with Gasteiger partial charge in [0.15, 0.2) is 6.61 Å². The van der Waals surface area contributed by atoms with Crippen LogP contribution in [0.5, 0.6) is 5.75 Å². The molecule has 6 nitrogen and oxygen atoms in total. The zero-order valence-corrected chi connectivity index (χ0v) is 16.7. The Morgan fingerprint density at radius 3 is 2.59 bits per heavy atom. The molecular weight excluding hydrogens is 458 g/mol. The van der Waals surface area contributed by atoms with E-state index in [2.05, 4.69) is 15.9 Å². The third-order valence-corrected chi connectivity index (χ3v) is 5.10. The average Bonchev–Trinajstić information content (AvgIpc) is 2.89. The van der Waals surface area contributed by atoms with Crippen LogP contribution < -0.4 is 9.64 Å². The van der Waals surface area contributed by atoms with Crippen molar-refractivity contribution in [1.29, 1.82) is 0 Å². The Labute approximate surface area is 171 Å². The van der Waals surface area contributed by atoms with Gasteiger partial charge >= 0.3 is 5.97 Å². The summed E-state index contributed by atoms with van der Waals surface area (Å²) in [7, 11) is 0. The van der Waals surface area contributed by atoms with E-state index in [4.69, 9.17) is 21.4 Å². The summed E-state index contributed by atoms with van der Waals surface area (Å²) in [6.45, 7) is -0.519. The number of carbonyl (C=O) groups is 3. The van der Waals surface area contributed by atoms with Crippen molar-refractivity contribution >= 4 is 68.2 Å². The molecule has 2 amide bonds. The van der Waals surface area contributed by atoms with E-state index in [0.717, 1.165) is 16.7 Å². The molecule has 0 spiro atoms. The van der Waals surface area contributed by atoms with Gasteiger partial charge < -0.3 is 9.84 Å². The van der Waals surface area contributed by atoms with Crippen molar-refractivity contribution in [3.8, 4) is 5.75 Å². The Kier molecular flexibility index (Phi) is 5.88. The molecule has 0 aliphatic carbocycles. The van der Waals surface area contributed by atoms with Crippen molar-refractivity contribution in [2.75, 3.05) is 11.5 Å². The van der Waals surface area contributed by atoms with Crippen LogP contribution in [0.4, 0.5) is 10.5 Å². The molecule has 1 heterocycles. The van der Waals surface area contributed by atoms with Crippen LogP contribution in [-0.2, 0) is 9.59 Å². The van der Waals surface area contributed by atoms with Gasteiger partial charge in [-0.1, -0.05) is 27.5 Å². The highest BCUT2D eigenvalue weighted by molar-refractivity contribution is 9.10. The normalized spacial score (nSPS) is 15.5. The summed E-state index contributed by atoms with van der Waals surface area (Å²) in [6, 6.07) is 11.3. The first-order chi connectivity index (χ1) is 12.8. The van der Waals surface area contributed by atoms with Crippen LogP contribution in [0, 0.1) is 0 Å². The lowest BCUT2D eigenvalue weighted by molar-refractivity contribution is -0.139. The van der Waals surface area contributed by atoms with Crippen molar-refractivity contribution in [2.45, 2.75) is 0 Å². The Bertz CT molecular complexity index is 961. The Balaban J connectivity index is 1.93. The number of carboxylic acids is 1. The first-order valence-corrected chi connectivity index (χ1v) is 9.51. The van der Waals surface area contributed by atoms with Gasteiger partial charge in [-0.2, -0.15) is 0 Å². The van der Waals surface area contributed by atoms with Crippen LogP contribution in [0.1, 0.15) is 5.56 Å². The maximum atomic E-state index is 12.7. The topological polar surface area (TPSA) is 83.9 Å². The third kappa shape index (κ3) is 4.52. The molecule has 1 saturated heterocycles. The van der Waals surface area contributed by atoms with E-state index in [1.807, 2.05) is 0 Å². The van der Waals surface area contributed by atoms with Crippen LogP contribution in [-0.4, -0.2) is 28.8 Å². The van der Waals surface area contributed by atoms with Gasteiger partial charge in [0.2, 0.25) is 0 Å². The van der Waals surface area contributed by atoms with Gasteiger partial charge in [-0.15, -0.1) is 0 Å². The molecule has 0 radical (unpaired) electrons. The number of hydrogen-bond acceptors (Lipinski definition) is 5. The number of thioether (sulfide) groups is 1. The fraction of sp³-hybridized carbons (Fsp3) is 0.0556. The fourth-order valence-electron chi connectivity index (χ4n) is 2.32. The van der Waals surface area contributed by atoms with Crippen molar-refractivity contribution in [3.63, 3.8) is 0 Å². The predicted molar refractivity (Wildman–Crippen MR) is 107 cm³/mol. The lowest BCUT2D eigenvalue weighted by Crippen LogP contribution is -2.27. The zero-order valence-electron chi connectivity index (χ0n) is 13.5. The van der Waals surface area contributed by atoms with E-state index in [-0.39, 0.29) is 4.91 Å². The number of rotatable bonds is 5. The van der Waals surface area contributed by atoms with E-state index < -0.39 is 23.7 Å². The van der Waals surface area contributed by atoms with Gasteiger partial charge in [0.25, 0.3) is 11.1 Å².